The monoisotopic (exact) mass is 177 g/mol. The summed E-state index contributed by atoms with van der Waals surface area (Å²) in [5, 5.41) is 6.66. The highest BCUT2D eigenvalue weighted by Gasteiger charge is 1.99. The lowest BCUT2D eigenvalue weighted by Gasteiger charge is -1.98. The minimum atomic E-state index is 0.829. The van der Waals surface area contributed by atoms with Crippen molar-refractivity contribution < 1.29 is 0 Å². The van der Waals surface area contributed by atoms with Gasteiger partial charge in [0.05, 0.1) is 0 Å². The first-order chi connectivity index (χ1) is 6.27. The molecule has 0 aromatic carbocycles. The second kappa shape index (κ2) is 4.60. The molecule has 0 unspecified atom stereocenters. The van der Waals surface area contributed by atoms with Gasteiger partial charge in [0.15, 0.2) is 5.82 Å². The molecule has 3 nitrogen and oxygen atoms in total. The van der Waals surface area contributed by atoms with Crippen LogP contribution in [-0.4, -0.2) is 15.2 Å². The molecular weight excluding hydrogens is 162 g/mol. The minimum Gasteiger partial charge on any atom is -0.259 e. The van der Waals surface area contributed by atoms with E-state index in [1.54, 1.807) is 0 Å². The second-order valence-electron chi connectivity index (χ2n) is 2.92. The number of nitrogens with one attached hydrogen (secondary N) is 1. The van der Waals surface area contributed by atoms with Gasteiger partial charge in [-0.2, -0.15) is 5.10 Å². The SMILES string of the molecule is C/C=C(\C=C(\C)CC)c1ncn[nH]1. The van der Waals surface area contributed by atoms with Gasteiger partial charge >= 0.3 is 0 Å². The molecule has 3 heteroatoms. The van der Waals surface area contributed by atoms with Crippen LogP contribution in [0.2, 0.25) is 0 Å². The zero-order valence-electron chi connectivity index (χ0n) is 8.33. The molecule has 0 aliphatic carbocycles. The van der Waals surface area contributed by atoms with Crippen molar-refractivity contribution in [2.24, 2.45) is 0 Å². The predicted octanol–water partition coefficient (Wildman–Crippen LogP) is 2.56. The first kappa shape index (κ1) is 9.71. The number of hydrogen-bond acceptors (Lipinski definition) is 2. The van der Waals surface area contributed by atoms with Crippen LogP contribution in [0.25, 0.3) is 5.57 Å². The second-order valence-corrected chi connectivity index (χ2v) is 2.92. The first-order valence-electron chi connectivity index (χ1n) is 4.47. The maximum atomic E-state index is 4.10. The molecule has 1 N–H and O–H groups in total. The van der Waals surface area contributed by atoms with Gasteiger partial charge in [0.1, 0.15) is 6.33 Å². The van der Waals surface area contributed by atoms with Crippen LogP contribution < -0.4 is 0 Å². The predicted molar refractivity (Wildman–Crippen MR) is 54.1 cm³/mol. The Morgan fingerprint density at radius 3 is 2.85 bits per heavy atom. The summed E-state index contributed by atoms with van der Waals surface area (Å²) in [5.41, 5.74) is 2.43. The van der Waals surface area contributed by atoms with Crippen molar-refractivity contribution in [1.82, 2.24) is 15.2 Å². The molecule has 0 spiro atoms. The number of allylic oxidation sites excluding steroid dienone is 4. The topological polar surface area (TPSA) is 41.6 Å². The van der Waals surface area contributed by atoms with Crippen molar-refractivity contribution in [3.63, 3.8) is 0 Å². The van der Waals surface area contributed by atoms with Gasteiger partial charge in [-0.05, 0) is 20.3 Å². The quantitative estimate of drug-likeness (QED) is 0.721. The fourth-order valence-electron chi connectivity index (χ4n) is 1.00. The van der Waals surface area contributed by atoms with Crippen molar-refractivity contribution in [3.05, 3.63) is 29.9 Å². The summed E-state index contributed by atoms with van der Waals surface area (Å²) < 4.78 is 0. The molecule has 0 fully saturated rings. The summed E-state index contributed by atoms with van der Waals surface area (Å²) in [6.07, 6.45) is 6.74. The lowest BCUT2D eigenvalue weighted by Crippen LogP contribution is -1.85. The fraction of sp³-hybridized carbons (Fsp3) is 0.400. The molecule has 0 saturated carbocycles. The zero-order valence-corrected chi connectivity index (χ0v) is 8.33. The fourth-order valence-corrected chi connectivity index (χ4v) is 1.00. The van der Waals surface area contributed by atoms with Gasteiger partial charge in [0.25, 0.3) is 0 Å². The molecule has 1 heterocycles. The van der Waals surface area contributed by atoms with E-state index in [0.717, 1.165) is 17.8 Å². The van der Waals surface area contributed by atoms with Gasteiger partial charge in [0, 0.05) is 5.57 Å². The maximum Gasteiger partial charge on any atom is 0.155 e. The van der Waals surface area contributed by atoms with E-state index in [9.17, 15) is 0 Å². The zero-order chi connectivity index (χ0) is 9.68. The number of aromatic nitrogens is 3. The van der Waals surface area contributed by atoms with Crippen LogP contribution in [0.15, 0.2) is 24.1 Å². The van der Waals surface area contributed by atoms with Crippen LogP contribution >= 0.6 is 0 Å². The Morgan fingerprint density at radius 2 is 2.38 bits per heavy atom. The van der Waals surface area contributed by atoms with Crippen LogP contribution in [0.1, 0.15) is 33.0 Å². The van der Waals surface area contributed by atoms with Crippen molar-refractivity contribution >= 4 is 5.57 Å². The van der Waals surface area contributed by atoms with Gasteiger partial charge in [-0.15, -0.1) is 0 Å². The summed E-state index contributed by atoms with van der Waals surface area (Å²) in [7, 11) is 0. The van der Waals surface area contributed by atoms with Crippen molar-refractivity contribution in [1.29, 1.82) is 0 Å². The molecule has 13 heavy (non-hydrogen) atoms. The van der Waals surface area contributed by atoms with E-state index in [1.165, 1.54) is 11.9 Å². The van der Waals surface area contributed by atoms with Gasteiger partial charge in [-0.1, -0.05) is 24.6 Å². The molecule has 0 aliphatic rings. The largest absolute Gasteiger partial charge is 0.259 e. The third kappa shape index (κ3) is 2.54. The summed E-state index contributed by atoms with van der Waals surface area (Å²) in [5.74, 6) is 0.829. The third-order valence-corrected chi connectivity index (χ3v) is 1.96. The Hall–Kier alpha value is -1.38. The van der Waals surface area contributed by atoms with E-state index in [1.807, 2.05) is 13.0 Å². The average molecular weight is 177 g/mol. The molecule has 1 rings (SSSR count). The van der Waals surface area contributed by atoms with E-state index in [4.69, 9.17) is 0 Å². The molecular formula is C10H15N3. The Kier molecular flexibility index (Phi) is 3.43. The van der Waals surface area contributed by atoms with Crippen LogP contribution in [0.5, 0.6) is 0 Å². The Labute approximate surface area is 78.6 Å². The molecule has 70 valence electrons. The highest BCUT2D eigenvalue weighted by Crippen LogP contribution is 2.13. The molecule has 1 aromatic heterocycles. The van der Waals surface area contributed by atoms with E-state index in [-0.39, 0.29) is 0 Å². The molecule has 0 aliphatic heterocycles. The van der Waals surface area contributed by atoms with Crippen molar-refractivity contribution in [3.8, 4) is 0 Å². The lowest BCUT2D eigenvalue weighted by atomic mass is 10.1. The molecule has 0 radical (unpaired) electrons. The number of rotatable bonds is 3. The molecule has 0 atom stereocenters. The van der Waals surface area contributed by atoms with E-state index >= 15 is 0 Å². The highest BCUT2D eigenvalue weighted by atomic mass is 15.2. The Morgan fingerprint density at radius 1 is 1.62 bits per heavy atom. The molecule has 0 amide bonds. The molecule has 0 saturated heterocycles. The van der Waals surface area contributed by atoms with Gasteiger partial charge in [-0.25, -0.2) is 4.98 Å². The first-order valence-corrected chi connectivity index (χ1v) is 4.47. The van der Waals surface area contributed by atoms with Gasteiger partial charge < -0.3 is 0 Å². The number of nitrogens with zero attached hydrogens (tertiary/aromatic N) is 2. The van der Waals surface area contributed by atoms with Crippen LogP contribution in [0, 0.1) is 0 Å². The van der Waals surface area contributed by atoms with Crippen molar-refractivity contribution in [2.45, 2.75) is 27.2 Å². The van der Waals surface area contributed by atoms with Crippen LogP contribution in [0.3, 0.4) is 0 Å². The van der Waals surface area contributed by atoms with Crippen LogP contribution in [-0.2, 0) is 0 Å². The van der Waals surface area contributed by atoms with E-state index in [0.29, 0.717) is 0 Å². The third-order valence-electron chi connectivity index (χ3n) is 1.96. The number of hydrogen-bond donors (Lipinski definition) is 1. The average Bonchev–Trinajstić information content (AvgIpc) is 2.66. The summed E-state index contributed by atoms with van der Waals surface area (Å²) in [6.45, 7) is 6.25. The van der Waals surface area contributed by atoms with Gasteiger partial charge in [0.2, 0.25) is 0 Å². The highest BCUT2D eigenvalue weighted by molar-refractivity contribution is 5.69. The lowest BCUT2D eigenvalue weighted by molar-refractivity contribution is 1.07. The normalized spacial score (nSPS) is 13.5. The smallest absolute Gasteiger partial charge is 0.155 e. The summed E-state index contributed by atoms with van der Waals surface area (Å²) in [4.78, 5) is 4.10. The van der Waals surface area contributed by atoms with Crippen LogP contribution in [0.4, 0.5) is 0 Å². The molecule has 0 bridgehead atoms. The molecule has 1 aromatic rings. The summed E-state index contributed by atoms with van der Waals surface area (Å²) in [6, 6.07) is 0. The van der Waals surface area contributed by atoms with Crippen molar-refractivity contribution in [2.75, 3.05) is 0 Å². The number of aromatic amines is 1. The summed E-state index contributed by atoms with van der Waals surface area (Å²) >= 11 is 0. The van der Waals surface area contributed by atoms with E-state index < -0.39 is 0 Å². The van der Waals surface area contributed by atoms with Gasteiger partial charge in [-0.3, -0.25) is 5.10 Å². The minimum absolute atomic E-state index is 0.829. The van der Waals surface area contributed by atoms with E-state index in [2.05, 4.69) is 35.1 Å². The standard InChI is InChI=1S/C10H15N3/c1-4-8(3)6-9(5-2)10-11-7-12-13-10/h5-7H,4H2,1-3H3,(H,11,12,13)/b8-6-,9-5+. The Balaban J connectivity index is 2.89. The maximum absolute atomic E-state index is 4.10. The Bertz CT molecular complexity index is 307. The number of H-pyrrole nitrogens is 1.